The minimum Gasteiger partial charge on any atom is -0.394 e. The van der Waals surface area contributed by atoms with E-state index in [4.69, 9.17) is 9.47 Å². The highest BCUT2D eigenvalue weighted by Crippen LogP contribution is 2.23. The van der Waals surface area contributed by atoms with Gasteiger partial charge in [-0.25, -0.2) is 0 Å². The van der Waals surface area contributed by atoms with E-state index in [0.29, 0.717) is 12.8 Å². The summed E-state index contributed by atoms with van der Waals surface area (Å²) in [5.41, 5.74) is 0. The highest BCUT2D eigenvalue weighted by Gasteiger charge is 2.44. The Bertz CT molecular complexity index is 1490. The minimum atomic E-state index is -1.56. The van der Waals surface area contributed by atoms with Crippen LogP contribution in [0.25, 0.3) is 0 Å². The second-order valence-electron chi connectivity index (χ2n) is 22.2. The molecule has 9 heteroatoms. The summed E-state index contributed by atoms with van der Waals surface area (Å²) in [5, 5.41) is 54.8. The smallest absolute Gasteiger partial charge is 0.220 e. The third kappa shape index (κ3) is 45.8. The van der Waals surface area contributed by atoms with Gasteiger partial charge in [0.25, 0.3) is 0 Å². The van der Waals surface area contributed by atoms with Crippen molar-refractivity contribution in [2.75, 3.05) is 13.2 Å². The van der Waals surface area contributed by atoms with Crippen LogP contribution in [0.1, 0.15) is 284 Å². The summed E-state index contributed by atoms with van der Waals surface area (Å²) in [6.45, 7) is 3.74. The van der Waals surface area contributed by atoms with Crippen LogP contribution >= 0.6 is 0 Å². The molecule has 0 aliphatic carbocycles. The van der Waals surface area contributed by atoms with E-state index in [1.165, 1.54) is 173 Å². The van der Waals surface area contributed by atoms with Gasteiger partial charge in [-0.1, -0.05) is 292 Å². The van der Waals surface area contributed by atoms with Crippen molar-refractivity contribution < 1.29 is 39.8 Å². The highest BCUT2D eigenvalue weighted by atomic mass is 16.7. The van der Waals surface area contributed by atoms with Crippen molar-refractivity contribution in [1.29, 1.82) is 0 Å². The van der Waals surface area contributed by atoms with Gasteiger partial charge in [0.2, 0.25) is 5.91 Å². The lowest BCUT2D eigenvalue weighted by Gasteiger charge is -2.40. The maximum absolute atomic E-state index is 13.1. The molecule has 6 N–H and O–H groups in total. The Labute approximate surface area is 473 Å². The zero-order chi connectivity index (χ0) is 55.8. The Morgan fingerprint density at radius 1 is 0.455 bits per heavy atom. The maximum Gasteiger partial charge on any atom is 0.220 e. The van der Waals surface area contributed by atoms with Crippen LogP contribution in [0.3, 0.4) is 0 Å². The van der Waals surface area contributed by atoms with Crippen molar-refractivity contribution in [3.63, 3.8) is 0 Å². The van der Waals surface area contributed by atoms with E-state index < -0.39 is 49.5 Å². The summed E-state index contributed by atoms with van der Waals surface area (Å²) in [7, 11) is 0. The van der Waals surface area contributed by atoms with Crippen LogP contribution in [0.4, 0.5) is 0 Å². The molecule has 77 heavy (non-hydrogen) atoms. The third-order valence-corrected chi connectivity index (χ3v) is 15.0. The van der Waals surface area contributed by atoms with Crippen LogP contribution in [0.15, 0.2) is 85.1 Å². The number of hydrogen-bond donors (Lipinski definition) is 6. The standard InChI is InChI=1S/C68H121NO8/c1-3-5-7-9-11-13-15-17-19-21-22-23-24-25-26-27-28-29-30-31-32-33-34-35-36-37-38-39-40-42-44-46-48-50-52-54-56-58-64(72)69-61(60-76-68-67(75)66(74)65(73)63(59-70)77-68)62(71)57-55-53-51-49-47-45-43-41-20-18-16-14-12-10-8-6-4-2/h5,7,11,13,17,19,22-23,25-26,28-29,31-32,61-63,65-68,70-71,73-75H,3-4,6,8-10,12,14-16,18,20-21,24,27,30,33-60H2,1-2H3,(H,69,72)/b7-5-,13-11-,19-17-,23-22-,26-25-,29-28-,32-31-. The lowest BCUT2D eigenvalue weighted by Crippen LogP contribution is -2.60. The first kappa shape index (κ1) is 72.4. The maximum atomic E-state index is 13.1. The number of rotatable bonds is 55. The Kier molecular flexibility index (Phi) is 53.2. The molecular formula is C68H121NO8. The van der Waals surface area contributed by atoms with E-state index in [1.54, 1.807) is 0 Å². The lowest BCUT2D eigenvalue weighted by molar-refractivity contribution is -0.302. The van der Waals surface area contributed by atoms with E-state index in [2.05, 4.69) is 104 Å². The van der Waals surface area contributed by atoms with Crippen molar-refractivity contribution in [3.05, 3.63) is 85.1 Å². The molecule has 1 rings (SSSR count). The van der Waals surface area contributed by atoms with Gasteiger partial charge in [0.05, 0.1) is 25.4 Å². The molecule has 0 saturated carbocycles. The second-order valence-corrected chi connectivity index (χ2v) is 22.2. The van der Waals surface area contributed by atoms with Gasteiger partial charge in [0.1, 0.15) is 24.4 Å². The Balaban J connectivity index is 2.11. The van der Waals surface area contributed by atoms with E-state index in [0.717, 1.165) is 83.5 Å². The molecule has 0 aromatic rings. The molecule has 1 aliphatic heterocycles. The largest absolute Gasteiger partial charge is 0.394 e. The van der Waals surface area contributed by atoms with Gasteiger partial charge in [-0.05, 0) is 70.6 Å². The van der Waals surface area contributed by atoms with Crippen LogP contribution in [0.5, 0.6) is 0 Å². The number of ether oxygens (including phenoxy) is 2. The molecule has 1 heterocycles. The van der Waals surface area contributed by atoms with E-state index in [-0.39, 0.29) is 12.5 Å². The zero-order valence-electron chi connectivity index (χ0n) is 49.7. The Hall–Kier alpha value is -2.63. The number of carbonyl (C=O) groups is 1. The molecule has 7 atom stereocenters. The molecular weight excluding hydrogens is 959 g/mol. The van der Waals surface area contributed by atoms with E-state index >= 15 is 0 Å². The summed E-state index contributed by atoms with van der Waals surface area (Å²) in [6, 6.07) is -0.723. The molecule has 1 amide bonds. The first-order valence-electron chi connectivity index (χ1n) is 32.3. The predicted molar refractivity (Wildman–Crippen MR) is 327 cm³/mol. The molecule has 0 bridgehead atoms. The van der Waals surface area contributed by atoms with Crippen LogP contribution < -0.4 is 5.32 Å². The van der Waals surface area contributed by atoms with Gasteiger partial charge in [0, 0.05) is 6.42 Å². The van der Waals surface area contributed by atoms with Gasteiger partial charge < -0.3 is 40.3 Å². The van der Waals surface area contributed by atoms with Crippen LogP contribution in [0.2, 0.25) is 0 Å². The molecule has 0 aromatic heterocycles. The van der Waals surface area contributed by atoms with Crippen molar-refractivity contribution >= 4 is 5.91 Å². The number of unbranched alkanes of at least 4 members (excludes halogenated alkanes) is 31. The molecule has 0 aromatic carbocycles. The molecule has 1 fully saturated rings. The number of allylic oxidation sites excluding steroid dienone is 14. The second kappa shape index (κ2) is 56.6. The topological polar surface area (TPSA) is 149 Å². The van der Waals surface area contributed by atoms with Crippen molar-refractivity contribution in [1.82, 2.24) is 5.32 Å². The van der Waals surface area contributed by atoms with Crippen LogP contribution in [-0.4, -0.2) is 87.5 Å². The zero-order valence-corrected chi connectivity index (χ0v) is 49.7. The SMILES string of the molecule is CC/C=C\C/C=C\C/C=C\C/C=C\C/C=C\C/C=C\C/C=C\CCCCCCCCCCCCCCCCCC(=O)NC(COC1OC(CO)C(O)C(O)C1O)C(O)CCCCCCCCCCCCCCCCCCC. The quantitative estimate of drug-likeness (QED) is 0.0261. The van der Waals surface area contributed by atoms with Gasteiger partial charge in [-0.15, -0.1) is 0 Å². The fraction of sp³-hybridized carbons (Fsp3) is 0.779. The average Bonchev–Trinajstić information content (AvgIpc) is 3.43. The van der Waals surface area contributed by atoms with Gasteiger partial charge >= 0.3 is 0 Å². The summed E-state index contributed by atoms with van der Waals surface area (Å²) >= 11 is 0. The fourth-order valence-electron chi connectivity index (χ4n) is 9.97. The third-order valence-electron chi connectivity index (χ3n) is 15.0. The van der Waals surface area contributed by atoms with Crippen LogP contribution in [0, 0.1) is 0 Å². The van der Waals surface area contributed by atoms with Gasteiger partial charge in [-0.3, -0.25) is 4.79 Å². The number of hydrogen-bond acceptors (Lipinski definition) is 8. The highest BCUT2D eigenvalue weighted by molar-refractivity contribution is 5.76. The predicted octanol–water partition coefficient (Wildman–Crippen LogP) is 17.0. The summed E-state index contributed by atoms with van der Waals surface area (Å²) < 4.78 is 11.3. The fourth-order valence-corrected chi connectivity index (χ4v) is 9.97. The lowest BCUT2D eigenvalue weighted by atomic mass is 9.99. The number of aliphatic hydroxyl groups is 5. The van der Waals surface area contributed by atoms with Gasteiger partial charge in [-0.2, -0.15) is 0 Å². The normalized spacial score (nSPS) is 19.3. The van der Waals surface area contributed by atoms with E-state index in [1.807, 2.05) is 0 Å². The summed E-state index contributed by atoms with van der Waals surface area (Å²) in [5.74, 6) is -0.144. The first-order valence-corrected chi connectivity index (χ1v) is 32.3. The number of carbonyl (C=O) groups excluding carboxylic acids is 1. The monoisotopic (exact) mass is 1080 g/mol. The number of aliphatic hydroxyl groups excluding tert-OH is 5. The van der Waals surface area contributed by atoms with Crippen molar-refractivity contribution in [2.24, 2.45) is 0 Å². The number of amides is 1. The van der Waals surface area contributed by atoms with E-state index in [9.17, 15) is 30.3 Å². The molecule has 1 aliphatic rings. The molecule has 9 nitrogen and oxygen atoms in total. The molecule has 446 valence electrons. The Morgan fingerprint density at radius 3 is 1.19 bits per heavy atom. The van der Waals surface area contributed by atoms with Crippen molar-refractivity contribution in [2.45, 2.75) is 326 Å². The average molecular weight is 1080 g/mol. The van der Waals surface area contributed by atoms with Crippen LogP contribution in [-0.2, 0) is 14.3 Å². The van der Waals surface area contributed by atoms with Gasteiger partial charge in [0.15, 0.2) is 6.29 Å². The summed E-state index contributed by atoms with van der Waals surface area (Å²) in [6.07, 6.45) is 73.4. The summed E-state index contributed by atoms with van der Waals surface area (Å²) in [4.78, 5) is 13.1. The number of nitrogens with one attached hydrogen (secondary N) is 1. The minimum absolute atomic E-state index is 0.139. The molecule has 0 radical (unpaired) electrons. The molecule has 7 unspecified atom stereocenters. The molecule has 0 spiro atoms. The van der Waals surface area contributed by atoms with Crippen molar-refractivity contribution in [3.8, 4) is 0 Å². The molecule has 1 saturated heterocycles. The Morgan fingerprint density at radius 2 is 0.805 bits per heavy atom. The first-order chi connectivity index (χ1) is 37.8.